The second kappa shape index (κ2) is 10.4. The molecule has 0 saturated carbocycles. The van der Waals surface area contributed by atoms with E-state index < -0.39 is 0 Å². The standard InChI is InChI=1S/C25H30N4O3/c1-19-10-12-21(13-11-19)24-26-25(32-27-24)20(2)28-14-16-29(17-15-28)23(30)9-6-18-31-22-7-4-3-5-8-22/h3-5,7-8,10-13,20H,6,9,14-18H2,1-2H3. The third kappa shape index (κ3) is 5.53. The third-order valence-corrected chi connectivity index (χ3v) is 5.87. The predicted molar refractivity (Wildman–Crippen MR) is 122 cm³/mol. The number of hydrogen-bond donors (Lipinski definition) is 0. The summed E-state index contributed by atoms with van der Waals surface area (Å²) in [7, 11) is 0. The van der Waals surface area contributed by atoms with Crippen LogP contribution in [-0.2, 0) is 4.79 Å². The van der Waals surface area contributed by atoms with Crippen molar-refractivity contribution < 1.29 is 14.1 Å². The van der Waals surface area contributed by atoms with Gasteiger partial charge in [-0.15, -0.1) is 0 Å². The number of amides is 1. The number of piperazine rings is 1. The van der Waals surface area contributed by atoms with Crippen LogP contribution >= 0.6 is 0 Å². The van der Waals surface area contributed by atoms with Gasteiger partial charge in [0.25, 0.3) is 0 Å². The van der Waals surface area contributed by atoms with Gasteiger partial charge in [0.15, 0.2) is 0 Å². The van der Waals surface area contributed by atoms with Crippen molar-refractivity contribution in [1.29, 1.82) is 0 Å². The molecule has 3 aromatic rings. The lowest BCUT2D eigenvalue weighted by molar-refractivity contribution is -0.133. The van der Waals surface area contributed by atoms with E-state index in [2.05, 4.69) is 28.9 Å². The monoisotopic (exact) mass is 434 g/mol. The first-order chi connectivity index (χ1) is 15.6. The van der Waals surface area contributed by atoms with Crippen molar-refractivity contribution in [3.63, 3.8) is 0 Å². The van der Waals surface area contributed by atoms with Gasteiger partial charge in [-0.2, -0.15) is 4.98 Å². The molecule has 0 spiro atoms. The van der Waals surface area contributed by atoms with Crippen molar-refractivity contribution in [2.75, 3.05) is 32.8 Å². The molecule has 2 heterocycles. The van der Waals surface area contributed by atoms with Crippen molar-refractivity contribution >= 4 is 5.91 Å². The zero-order chi connectivity index (χ0) is 22.3. The van der Waals surface area contributed by atoms with Gasteiger partial charge < -0.3 is 14.2 Å². The van der Waals surface area contributed by atoms with Crippen LogP contribution in [0.1, 0.15) is 37.3 Å². The van der Waals surface area contributed by atoms with E-state index in [9.17, 15) is 4.79 Å². The van der Waals surface area contributed by atoms with Crippen LogP contribution in [0.4, 0.5) is 0 Å². The molecule has 1 aromatic heterocycles. The second-order valence-corrected chi connectivity index (χ2v) is 8.18. The van der Waals surface area contributed by atoms with Gasteiger partial charge in [0.05, 0.1) is 12.6 Å². The Kier molecular flexibility index (Phi) is 7.17. The number of rotatable bonds is 8. The number of nitrogens with zero attached hydrogens (tertiary/aromatic N) is 4. The minimum atomic E-state index is 0.0122. The minimum absolute atomic E-state index is 0.0122. The largest absolute Gasteiger partial charge is 0.494 e. The summed E-state index contributed by atoms with van der Waals surface area (Å²) in [6.45, 7) is 7.67. The topological polar surface area (TPSA) is 71.7 Å². The van der Waals surface area contributed by atoms with Gasteiger partial charge in [-0.3, -0.25) is 9.69 Å². The Balaban J connectivity index is 1.22. The summed E-state index contributed by atoms with van der Waals surface area (Å²) in [6.07, 6.45) is 1.22. The Bertz CT molecular complexity index is 996. The van der Waals surface area contributed by atoms with Crippen LogP contribution in [0.25, 0.3) is 11.4 Å². The maximum absolute atomic E-state index is 12.6. The molecule has 2 aromatic carbocycles. The molecular formula is C25H30N4O3. The van der Waals surface area contributed by atoms with E-state index in [1.165, 1.54) is 5.56 Å². The van der Waals surface area contributed by atoms with E-state index in [-0.39, 0.29) is 11.9 Å². The molecular weight excluding hydrogens is 404 g/mol. The van der Waals surface area contributed by atoms with Gasteiger partial charge in [0, 0.05) is 38.2 Å². The fraction of sp³-hybridized carbons (Fsp3) is 0.400. The van der Waals surface area contributed by atoms with Crippen LogP contribution < -0.4 is 4.74 Å². The van der Waals surface area contributed by atoms with Crippen LogP contribution in [0.2, 0.25) is 0 Å². The zero-order valence-corrected chi connectivity index (χ0v) is 18.7. The van der Waals surface area contributed by atoms with E-state index in [0.717, 1.165) is 24.4 Å². The van der Waals surface area contributed by atoms with Crippen molar-refractivity contribution in [3.8, 4) is 17.1 Å². The Morgan fingerprint density at radius 3 is 2.50 bits per heavy atom. The molecule has 0 N–H and O–H groups in total. The third-order valence-electron chi connectivity index (χ3n) is 5.87. The molecule has 1 amide bonds. The summed E-state index contributed by atoms with van der Waals surface area (Å²) in [5.74, 6) is 2.25. The average molecular weight is 435 g/mol. The molecule has 168 valence electrons. The molecule has 7 heteroatoms. The van der Waals surface area contributed by atoms with Crippen LogP contribution in [-0.4, -0.2) is 58.6 Å². The number of para-hydroxylation sites is 1. The van der Waals surface area contributed by atoms with Crippen LogP contribution in [0.15, 0.2) is 59.1 Å². The summed E-state index contributed by atoms with van der Waals surface area (Å²) in [5, 5.41) is 4.15. The lowest BCUT2D eigenvalue weighted by atomic mass is 10.1. The maximum Gasteiger partial charge on any atom is 0.244 e. The number of carbonyl (C=O) groups excluding carboxylic acids is 1. The Labute approximate surface area is 189 Å². The van der Waals surface area contributed by atoms with Gasteiger partial charge in [0.2, 0.25) is 17.6 Å². The molecule has 1 atom stereocenters. The summed E-state index contributed by atoms with van der Waals surface area (Å²) in [6, 6.07) is 17.8. The van der Waals surface area contributed by atoms with E-state index in [1.807, 2.05) is 59.5 Å². The van der Waals surface area contributed by atoms with Crippen LogP contribution in [0, 0.1) is 6.92 Å². The smallest absolute Gasteiger partial charge is 0.244 e. The van der Waals surface area contributed by atoms with Crippen molar-refractivity contribution in [1.82, 2.24) is 19.9 Å². The quantitative estimate of drug-likeness (QED) is 0.497. The normalized spacial score (nSPS) is 15.5. The second-order valence-electron chi connectivity index (χ2n) is 8.18. The SMILES string of the molecule is Cc1ccc(-c2noc(C(C)N3CCN(C(=O)CCCOc4ccccc4)CC3)n2)cc1. The minimum Gasteiger partial charge on any atom is -0.494 e. The number of carbonyl (C=O) groups is 1. The number of hydrogen-bond acceptors (Lipinski definition) is 6. The molecule has 1 saturated heterocycles. The number of aromatic nitrogens is 2. The number of aryl methyl sites for hydroxylation is 1. The van der Waals surface area contributed by atoms with E-state index in [4.69, 9.17) is 9.26 Å². The molecule has 1 aliphatic heterocycles. The van der Waals surface area contributed by atoms with E-state index >= 15 is 0 Å². The molecule has 1 aliphatic rings. The average Bonchev–Trinajstić information content (AvgIpc) is 3.33. The van der Waals surface area contributed by atoms with Gasteiger partial charge in [-0.05, 0) is 32.4 Å². The maximum atomic E-state index is 12.6. The highest BCUT2D eigenvalue weighted by Crippen LogP contribution is 2.24. The first-order valence-electron chi connectivity index (χ1n) is 11.2. The lowest BCUT2D eigenvalue weighted by Crippen LogP contribution is -2.49. The van der Waals surface area contributed by atoms with Gasteiger partial charge in [0.1, 0.15) is 5.75 Å². The van der Waals surface area contributed by atoms with Gasteiger partial charge >= 0.3 is 0 Å². The molecule has 0 radical (unpaired) electrons. The molecule has 0 bridgehead atoms. The predicted octanol–water partition coefficient (Wildman–Crippen LogP) is 4.11. The summed E-state index contributed by atoms with van der Waals surface area (Å²) in [4.78, 5) is 21.4. The van der Waals surface area contributed by atoms with Crippen molar-refractivity contribution in [2.24, 2.45) is 0 Å². The highest BCUT2D eigenvalue weighted by Gasteiger charge is 2.27. The Morgan fingerprint density at radius 2 is 1.78 bits per heavy atom. The summed E-state index contributed by atoms with van der Waals surface area (Å²) in [5.41, 5.74) is 2.14. The fourth-order valence-corrected chi connectivity index (χ4v) is 3.83. The highest BCUT2D eigenvalue weighted by atomic mass is 16.5. The molecule has 32 heavy (non-hydrogen) atoms. The Hall–Kier alpha value is -3.19. The molecule has 0 aliphatic carbocycles. The van der Waals surface area contributed by atoms with Crippen molar-refractivity contribution in [2.45, 2.75) is 32.7 Å². The number of ether oxygens (including phenoxy) is 1. The van der Waals surface area contributed by atoms with E-state index in [0.29, 0.717) is 44.3 Å². The first kappa shape index (κ1) is 22.0. The van der Waals surface area contributed by atoms with E-state index in [1.54, 1.807) is 0 Å². The molecule has 1 unspecified atom stereocenters. The summed E-state index contributed by atoms with van der Waals surface area (Å²) >= 11 is 0. The molecule has 7 nitrogen and oxygen atoms in total. The fourth-order valence-electron chi connectivity index (χ4n) is 3.83. The molecule has 1 fully saturated rings. The van der Waals surface area contributed by atoms with Crippen LogP contribution in [0.3, 0.4) is 0 Å². The zero-order valence-electron chi connectivity index (χ0n) is 18.7. The highest BCUT2D eigenvalue weighted by molar-refractivity contribution is 5.76. The summed E-state index contributed by atoms with van der Waals surface area (Å²) < 4.78 is 11.2. The Morgan fingerprint density at radius 1 is 1.06 bits per heavy atom. The molecule has 4 rings (SSSR count). The lowest BCUT2D eigenvalue weighted by Gasteiger charge is -2.36. The van der Waals surface area contributed by atoms with Crippen LogP contribution in [0.5, 0.6) is 5.75 Å². The van der Waals surface area contributed by atoms with Gasteiger partial charge in [-0.25, -0.2) is 0 Å². The number of benzene rings is 2. The van der Waals surface area contributed by atoms with Gasteiger partial charge in [-0.1, -0.05) is 53.2 Å². The first-order valence-corrected chi connectivity index (χ1v) is 11.2. The van der Waals surface area contributed by atoms with Crippen molar-refractivity contribution in [3.05, 3.63) is 66.1 Å².